The van der Waals surface area contributed by atoms with E-state index < -0.39 is 0 Å². The van der Waals surface area contributed by atoms with Gasteiger partial charge in [-0.3, -0.25) is 0 Å². The second-order valence-corrected chi connectivity index (χ2v) is 5.34. The molecule has 0 bridgehead atoms. The predicted octanol–water partition coefficient (Wildman–Crippen LogP) is 2.35. The first kappa shape index (κ1) is 10.4. The second-order valence-electron chi connectivity index (χ2n) is 5.34. The monoisotopic (exact) mass is 198 g/mol. The van der Waals surface area contributed by atoms with Crippen LogP contribution in [0.5, 0.6) is 0 Å². The van der Waals surface area contributed by atoms with Gasteiger partial charge in [-0.15, -0.1) is 0 Å². The minimum Gasteiger partial charge on any atom is -0.393 e. The van der Waals surface area contributed by atoms with Crippen LogP contribution in [-0.2, 0) is 4.74 Å². The van der Waals surface area contributed by atoms with E-state index in [0.29, 0.717) is 5.92 Å². The quantitative estimate of drug-likeness (QED) is 0.754. The molecule has 1 saturated heterocycles. The maximum Gasteiger partial charge on any atom is 0.0597 e. The van der Waals surface area contributed by atoms with E-state index in [1.165, 1.54) is 25.7 Å². The zero-order valence-electron chi connectivity index (χ0n) is 9.17. The SMILES string of the molecule is CC1(C(O)CC2CCOC2)CCCC1. The third-order valence-electron chi connectivity index (χ3n) is 4.13. The highest BCUT2D eigenvalue weighted by molar-refractivity contribution is 4.88. The van der Waals surface area contributed by atoms with Gasteiger partial charge >= 0.3 is 0 Å². The smallest absolute Gasteiger partial charge is 0.0597 e. The number of rotatable bonds is 3. The van der Waals surface area contributed by atoms with E-state index in [-0.39, 0.29) is 11.5 Å². The van der Waals surface area contributed by atoms with Crippen molar-refractivity contribution in [2.24, 2.45) is 11.3 Å². The maximum absolute atomic E-state index is 10.2. The molecule has 14 heavy (non-hydrogen) atoms. The molecular weight excluding hydrogens is 176 g/mol. The number of ether oxygens (including phenoxy) is 1. The molecule has 2 nitrogen and oxygen atoms in total. The molecule has 0 aromatic rings. The van der Waals surface area contributed by atoms with Gasteiger partial charge in [0.05, 0.1) is 6.10 Å². The van der Waals surface area contributed by atoms with Crippen LogP contribution in [0.4, 0.5) is 0 Å². The fourth-order valence-corrected chi connectivity index (χ4v) is 2.89. The molecule has 2 heteroatoms. The Balaban J connectivity index is 1.84. The summed E-state index contributed by atoms with van der Waals surface area (Å²) < 4.78 is 5.34. The summed E-state index contributed by atoms with van der Waals surface area (Å²) in [4.78, 5) is 0. The summed E-state index contributed by atoms with van der Waals surface area (Å²) in [6, 6.07) is 0. The number of hydrogen-bond donors (Lipinski definition) is 1. The Bertz CT molecular complexity index is 179. The van der Waals surface area contributed by atoms with Gasteiger partial charge in [0.25, 0.3) is 0 Å². The van der Waals surface area contributed by atoms with Crippen LogP contribution in [0.3, 0.4) is 0 Å². The van der Waals surface area contributed by atoms with Crippen LogP contribution < -0.4 is 0 Å². The Morgan fingerprint density at radius 3 is 2.71 bits per heavy atom. The summed E-state index contributed by atoms with van der Waals surface area (Å²) in [6.45, 7) is 4.02. The van der Waals surface area contributed by atoms with Crippen molar-refractivity contribution in [3.63, 3.8) is 0 Å². The van der Waals surface area contributed by atoms with E-state index >= 15 is 0 Å². The lowest BCUT2D eigenvalue weighted by molar-refractivity contribution is 0.0205. The van der Waals surface area contributed by atoms with E-state index in [1.807, 2.05) is 0 Å². The van der Waals surface area contributed by atoms with Gasteiger partial charge in [-0.05, 0) is 37.0 Å². The van der Waals surface area contributed by atoms with Crippen LogP contribution in [0.2, 0.25) is 0 Å². The lowest BCUT2D eigenvalue weighted by atomic mass is 9.78. The molecule has 2 fully saturated rings. The van der Waals surface area contributed by atoms with E-state index in [0.717, 1.165) is 26.1 Å². The van der Waals surface area contributed by atoms with Crippen LogP contribution in [-0.4, -0.2) is 24.4 Å². The highest BCUT2D eigenvalue weighted by Gasteiger charge is 2.37. The van der Waals surface area contributed by atoms with Crippen molar-refractivity contribution < 1.29 is 9.84 Å². The van der Waals surface area contributed by atoms with Crippen LogP contribution >= 0.6 is 0 Å². The maximum atomic E-state index is 10.2. The average molecular weight is 198 g/mol. The van der Waals surface area contributed by atoms with E-state index in [9.17, 15) is 5.11 Å². The average Bonchev–Trinajstić information content (AvgIpc) is 2.76. The first-order valence-electron chi connectivity index (χ1n) is 5.96. The molecule has 82 valence electrons. The van der Waals surface area contributed by atoms with Gasteiger partial charge in [0.1, 0.15) is 0 Å². The molecule has 2 rings (SSSR count). The summed E-state index contributed by atoms with van der Waals surface area (Å²) in [5, 5.41) is 10.2. The molecule has 0 aromatic carbocycles. The Morgan fingerprint density at radius 2 is 2.14 bits per heavy atom. The van der Waals surface area contributed by atoms with Crippen molar-refractivity contribution in [3.05, 3.63) is 0 Å². The lowest BCUT2D eigenvalue weighted by Crippen LogP contribution is -2.31. The van der Waals surface area contributed by atoms with Crippen molar-refractivity contribution in [1.82, 2.24) is 0 Å². The molecule has 2 aliphatic rings. The van der Waals surface area contributed by atoms with Gasteiger partial charge in [0.15, 0.2) is 0 Å². The predicted molar refractivity (Wildman–Crippen MR) is 56.1 cm³/mol. The van der Waals surface area contributed by atoms with Crippen molar-refractivity contribution >= 4 is 0 Å². The largest absolute Gasteiger partial charge is 0.393 e. The highest BCUT2D eigenvalue weighted by Crippen LogP contribution is 2.42. The van der Waals surface area contributed by atoms with E-state index in [4.69, 9.17) is 4.74 Å². The molecule has 0 spiro atoms. The van der Waals surface area contributed by atoms with Crippen molar-refractivity contribution in [2.45, 2.75) is 51.6 Å². The zero-order chi connectivity index (χ0) is 10.0. The zero-order valence-corrected chi connectivity index (χ0v) is 9.17. The molecule has 2 unspecified atom stereocenters. The molecule has 0 amide bonds. The molecule has 1 aliphatic heterocycles. The Kier molecular flexibility index (Phi) is 3.13. The fourth-order valence-electron chi connectivity index (χ4n) is 2.89. The molecule has 0 aromatic heterocycles. The van der Waals surface area contributed by atoms with E-state index in [2.05, 4.69) is 6.92 Å². The number of hydrogen-bond acceptors (Lipinski definition) is 2. The molecular formula is C12H22O2. The minimum absolute atomic E-state index is 0.100. The second kappa shape index (κ2) is 4.19. The highest BCUT2D eigenvalue weighted by atomic mass is 16.5. The van der Waals surface area contributed by atoms with E-state index in [1.54, 1.807) is 0 Å². The van der Waals surface area contributed by atoms with Gasteiger partial charge in [-0.1, -0.05) is 19.8 Å². The van der Waals surface area contributed by atoms with Crippen molar-refractivity contribution in [3.8, 4) is 0 Å². The van der Waals surface area contributed by atoms with Gasteiger partial charge in [0, 0.05) is 13.2 Å². The number of aliphatic hydroxyl groups excluding tert-OH is 1. The molecule has 1 saturated carbocycles. The Labute approximate surface area is 86.6 Å². The van der Waals surface area contributed by atoms with Crippen LogP contribution in [0.25, 0.3) is 0 Å². The Morgan fingerprint density at radius 1 is 1.43 bits per heavy atom. The summed E-state index contributed by atoms with van der Waals surface area (Å²) >= 11 is 0. The molecule has 2 atom stereocenters. The normalized spacial score (nSPS) is 33.4. The van der Waals surface area contributed by atoms with Crippen molar-refractivity contribution in [2.75, 3.05) is 13.2 Å². The molecule has 0 radical (unpaired) electrons. The third-order valence-corrected chi connectivity index (χ3v) is 4.13. The summed E-state index contributed by atoms with van der Waals surface area (Å²) in [6.07, 6.45) is 7.02. The lowest BCUT2D eigenvalue weighted by Gasteiger charge is -2.31. The third kappa shape index (κ3) is 2.12. The van der Waals surface area contributed by atoms with Crippen LogP contribution in [0, 0.1) is 11.3 Å². The van der Waals surface area contributed by atoms with Gasteiger partial charge < -0.3 is 9.84 Å². The van der Waals surface area contributed by atoms with Crippen LogP contribution in [0.15, 0.2) is 0 Å². The standard InChI is InChI=1S/C12H22O2/c1-12(5-2-3-6-12)11(13)8-10-4-7-14-9-10/h10-11,13H,2-9H2,1H3. The summed E-state index contributed by atoms with van der Waals surface area (Å²) in [5.41, 5.74) is 0.211. The van der Waals surface area contributed by atoms with Gasteiger partial charge in [-0.25, -0.2) is 0 Å². The van der Waals surface area contributed by atoms with Crippen molar-refractivity contribution in [1.29, 1.82) is 0 Å². The van der Waals surface area contributed by atoms with Crippen LogP contribution in [0.1, 0.15) is 45.4 Å². The molecule has 1 aliphatic carbocycles. The van der Waals surface area contributed by atoms with Gasteiger partial charge in [-0.2, -0.15) is 0 Å². The molecule has 1 N–H and O–H groups in total. The number of aliphatic hydroxyl groups is 1. The van der Waals surface area contributed by atoms with Gasteiger partial charge in [0.2, 0.25) is 0 Å². The molecule has 1 heterocycles. The minimum atomic E-state index is -0.100. The fraction of sp³-hybridized carbons (Fsp3) is 1.00. The first-order chi connectivity index (χ1) is 6.71. The topological polar surface area (TPSA) is 29.5 Å². The summed E-state index contributed by atoms with van der Waals surface area (Å²) in [7, 11) is 0. The Hall–Kier alpha value is -0.0800. The summed E-state index contributed by atoms with van der Waals surface area (Å²) in [5.74, 6) is 0.613. The first-order valence-corrected chi connectivity index (χ1v) is 5.96.